The highest BCUT2D eigenvalue weighted by atomic mass is 32.2. The standard InChI is InChI=1S/C17H27N3O2S2/c1-4-14-5-7-15(8-6-14)18-17(23)20(11-10-19(2)3)16-9-12-24(21,22)13-16/h5-8,16H,4,9-13H2,1-3H3,(H,18,23)/p+1/t16-/m1/s1. The Hall–Kier alpha value is -1.18. The fourth-order valence-electron chi connectivity index (χ4n) is 2.83. The molecule has 134 valence electrons. The first-order valence-electron chi connectivity index (χ1n) is 8.46. The summed E-state index contributed by atoms with van der Waals surface area (Å²) in [4.78, 5) is 3.37. The molecule has 1 fully saturated rings. The summed E-state index contributed by atoms with van der Waals surface area (Å²) >= 11 is 5.59. The molecule has 0 unspecified atom stereocenters. The molecular formula is C17H28N3O2S2+. The molecule has 24 heavy (non-hydrogen) atoms. The largest absolute Gasteiger partial charge is 0.339 e. The third-order valence-corrected chi connectivity index (χ3v) is 6.46. The number of aryl methyl sites for hydroxylation is 1. The van der Waals surface area contributed by atoms with Gasteiger partial charge in [-0.2, -0.15) is 0 Å². The van der Waals surface area contributed by atoms with Gasteiger partial charge in [-0.1, -0.05) is 19.1 Å². The zero-order chi connectivity index (χ0) is 17.7. The average molecular weight is 371 g/mol. The van der Waals surface area contributed by atoms with Gasteiger partial charge in [-0.05, 0) is 42.8 Å². The van der Waals surface area contributed by atoms with Crippen LogP contribution >= 0.6 is 12.2 Å². The Kier molecular flexibility index (Phi) is 6.60. The first-order chi connectivity index (χ1) is 11.3. The Morgan fingerprint density at radius 1 is 1.33 bits per heavy atom. The van der Waals surface area contributed by atoms with Crippen LogP contribution in [0.25, 0.3) is 0 Å². The first kappa shape index (κ1) is 19.1. The molecule has 7 heteroatoms. The maximum absolute atomic E-state index is 11.8. The van der Waals surface area contributed by atoms with Crippen LogP contribution in [0.1, 0.15) is 18.9 Å². The first-order valence-corrected chi connectivity index (χ1v) is 10.7. The Bertz CT molecular complexity index is 657. The van der Waals surface area contributed by atoms with Crippen LogP contribution in [0.4, 0.5) is 5.69 Å². The number of anilines is 1. The van der Waals surface area contributed by atoms with E-state index in [2.05, 4.69) is 43.4 Å². The summed E-state index contributed by atoms with van der Waals surface area (Å²) in [6, 6.07) is 8.18. The highest BCUT2D eigenvalue weighted by molar-refractivity contribution is 7.91. The summed E-state index contributed by atoms with van der Waals surface area (Å²) in [6.07, 6.45) is 1.66. The van der Waals surface area contributed by atoms with Gasteiger partial charge in [0.15, 0.2) is 14.9 Å². The highest BCUT2D eigenvalue weighted by Gasteiger charge is 2.33. The van der Waals surface area contributed by atoms with Crippen molar-refractivity contribution in [1.29, 1.82) is 0 Å². The van der Waals surface area contributed by atoms with Crippen molar-refractivity contribution in [1.82, 2.24) is 4.90 Å². The van der Waals surface area contributed by atoms with Gasteiger partial charge in [0.1, 0.15) is 0 Å². The predicted molar refractivity (Wildman–Crippen MR) is 103 cm³/mol. The van der Waals surface area contributed by atoms with Crippen LogP contribution in [0.5, 0.6) is 0 Å². The van der Waals surface area contributed by atoms with Crippen molar-refractivity contribution >= 4 is 32.9 Å². The lowest BCUT2D eigenvalue weighted by Gasteiger charge is -2.31. The van der Waals surface area contributed by atoms with E-state index in [4.69, 9.17) is 12.2 Å². The van der Waals surface area contributed by atoms with Crippen molar-refractivity contribution in [3.05, 3.63) is 29.8 Å². The quantitative estimate of drug-likeness (QED) is 0.718. The smallest absolute Gasteiger partial charge is 0.173 e. The molecule has 1 saturated heterocycles. The molecule has 1 heterocycles. The van der Waals surface area contributed by atoms with Crippen molar-refractivity contribution in [2.24, 2.45) is 0 Å². The molecule has 0 aliphatic carbocycles. The van der Waals surface area contributed by atoms with Gasteiger partial charge in [0.05, 0.1) is 38.7 Å². The number of nitrogens with one attached hydrogen (secondary N) is 2. The van der Waals surface area contributed by atoms with E-state index in [0.29, 0.717) is 11.5 Å². The van der Waals surface area contributed by atoms with Crippen LogP contribution in [0.15, 0.2) is 24.3 Å². The Balaban J connectivity index is 2.08. The zero-order valence-corrected chi connectivity index (χ0v) is 16.3. The summed E-state index contributed by atoms with van der Waals surface area (Å²) in [5.74, 6) is 0.461. The lowest BCUT2D eigenvalue weighted by molar-refractivity contribution is -0.857. The second-order valence-corrected chi connectivity index (χ2v) is 9.30. The fourth-order valence-corrected chi connectivity index (χ4v) is 4.92. The molecule has 0 aromatic heterocycles. The molecule has 0 bridgehead atoms. The van der Waals surface area contributed by atoms with Crippen LogP contribution in [0.3, 0.4) is 0 Å². The summed E-state index contributed by atoms with van der Waals surface area (Å²) in [7, 11) is 1.24. The predicted octanol–water partition coefficient (Wildman–Crippen LogP) is 0.579. The van der Waals surface area contributed by atoms with Crippen LogP contribution in [0.2, 0.25) is 0 Å². The maximum Gasteiger partial charge on any atom is 0.173 e. The lowest BCUT2D eigenvalue weighted by atomic mass is 10.1. The van der Waals surface area contributed by atoms with Crippen LogP contribution < -0.4 is 10.2 Å². The molecule has 2 N–H and O–H groups in total. The van der Waals surface area contributed by atoms with E-state index >= 15 is 0 Å². The minimum atomic E-state index is -2.93. The van der Waals surface area contributed by atoms with Crippen molar-refractivity contribution < 1.29 is 13.3 Å². The molecule has 0 radical (unpaired) electrons. The Labute approximate surface area is 150 Å². The second-order valence-electron chi connectivity index (χ2n) is 6.69. The van der Waals surface area contributed by atoms with Gasteiger partial charge in [-0.25, -0.2) is 8.42 Å². The van der Waals surface area contributed by atoms with Gasteiger partial charge in [0.25, 0.3) is 0 Å². The number of rotatable bonds is 6. The molecule has 1 aromatic rings. The molecule has 0 saturated carbocycles. The van der Waals surface area contributed by atoms with Crippen LogP contribution in [0, 0.1) is 0 Å². The summed E-state index contributed by atoms with van der Waals surface area (Å²) < 4.78 is 23.7. The number of hydrogen-bond donors (Lipinski definition) is 2. The molecule has 1 atom stereocenters. The van der Waals surface area contributed by atoms with Gasteiger partial charge in [0.2, 0.25) is 0 Å². The fraction of sp³-hybridized carbons (Fsp3) is 0.588. The molecule has 0 spiro atoms. The van der Waals surface area contributed by atoms with E-state index in [-0.39, 0.29) is 17.5 Å². The van der Waals surface area contributed by atoms with Crippen molar-refractivity contribution in [3.63, 3.8) is 0 Å². The number of nitrogens with zero attached hydrogens (tertiary/aromatic N) is 1. The van der Waals surface area contributed by atoms with Crippen molar-refractivity contribution in [2.45, 2.75) is 25.8 Å². The van der Waals surface area contributed by atoms with Gasteiger partial charge in [0, 0.05) is 11.7 Å². The Morgan fingerprint density at radius 3 is 2.50 bits per heavy atom. The van der Waals surface area contributed by atoms with Gasteiger partial charge >= 0.3 is 0 Å². The lowest BCUT2D eigenvalue weighted by Crippen LogP contribution is -3.06. The minimum Gasteiger partial charge on any atom is -0.339 e. The number of thiocarbonyl (C=S) groups is 1. The zero-order valence-electron chi connectivity index (χ0n) is 14.7. The highest BCUT2D eigenvalue weighted by Crippen LogP contribution is 2.19. The number of benzene rings is 1. The van der Waals surface area contributed by atoms with Crippen molar-refractivity contribution in [3.8, 4) is 0 Å². The summed E-state index contributed by atoms with van der Waals surface area (Å²) in [5.41, 5.74) is 2.22. The third kappa shape index (κ3) is 5.43. The molecule has 0 amide bonds. The SMILES string of the molecule is CCc1ccc(NC(=S)N(CC[NH+](C)C)[C@@H]2CCS(=O)(=O)C2)cc1. The number of quaternary nitrogens is 1. The molecule has 1 aliphatic heterocycles. The van der Waals surface area contributed by atoms with E-state index in [1.54, 1.807) is 0 Å². The molecule has 2 rings (SSSR count). The van der Waals surface area contributed by atoms with Crippen LogP contribution in [-0.4, -0.2) is 63.2 Å². The normalized spacial score (nSPS) is 19.4. The topological polar surface area (TPSA) is 53.9 Å². The van der Waals surface area contributed by atoms with Gasteiger partial charge in [-0.3, -0.25) is 0 Å². The van der Waals surface area contributed by atoms with Gasteiger partial charge in [-0.15, -0.1) is 0 Å². The Morgan fingerprint density at radius 2 is 2.00 bits per heavy atom. The molecular weight excluding hydrogens is 342 g/mol. The minimum absolute atomic E-state index is 0.0238. The summed E-state index contributed by atoms with van der Waals surface area (Å²) in [5, 5.41) is 3.89. The monoisotopic (exact) mass is 370 g/mol. The van der Waals surface area contributed by atoms with E-state index in [0.717, 1.165) is 25.2 Å². The molecule has 1 aromatic carbocycles. The molecule has 5 nitrogen and oxygen atoms in total. The van der Waals surface area contributed by atoms with Crippen molar-refractivity contribution in [2.75, 3.05) is 44.0 Å². The number of sulfone groups is 1. The van der Waals surface area contributed by atoms with E-state index in [9.17, 15) is 8.42 Å². The third-order valence-electron chi connectivity index (χ3n) is 4.38. The van der Waals surface area contributed by atoms with E-state index in [1.165, 1.54) is 10.5 Å². The van der Waals surface area contributed by atoms with Gasteiger partial charge < -0.3 is 15.1 Å². The maximum atomic E-state index is 11.8. The van der Waals surface area contributed by atoms with Crippen LogP contribution in [-0.2, 0) is 16.3 Å². The average Bonchev–Trinajstić information content (AvgIpc) is 2.88. The van der Waals surface area contributed by atoms with E-state index < -0.39 is 9.84 Å². The summed E-state index contributed by atoms with van der Waals surface area (Å²) in [6.45, 7) is 3.79. The number of likely N-dealkylation sites (N-methyl/N-ethyl adjacent to an activating group) is 1. The second kappa shape index (κ2) is 8.27. The van der Waals surface area contributed by atoms with E-state index in [1.807, 2.05) is 12.1 Å². The number of hydrogen-bond acceptors (Lipinski definition) is 3. The molecule has 1 aliphatic rings.